The highest BCUT2D eigenvalue weighted by Gasteiger charge is 2.08. The second-order valence-electron chi connectivity index (χ2n) is 1.98. The quantitative estimate of drug-likeness (QED) is 0.832. The summed E-state index contributed by atoms with van der Waals surface area (Å²) in [5.41, 5.74) is 0.491. The number of rotatable bonds is 3. The predicted octanol–water partition coefficient (Wildman–Crippen LogP) is 2.55. The molecule has 0 unspecified atom stereocenters. The van der Waals surface area contributed by atoms with Gasteiger partial charge >= 0.3 is 5.97 Å². The largest absolute Gasteiger partial charge is 0.480 e. The summed E-state index contributed by atoms with van der Waals surface area (Å²) in [5, 5.41) is 13.1. The Kier molecular flexibility index (Phi) is 3.20. The number of carboxylic acid groups (broad SMARTS) is 1. The van der Waals surface area contributed by atoms with E-state index in [1.807, 2.05) is 0 Å². The van der Waals surface area contributed by atoms with Crippen LogP contribution in [-0.2, 0) is 4.79 Å². The fraction of sp³-hybridized carbons (Fsp3) is 0.167. The summed E-state index contributed by atoms with van der Waals surface area (Å²) >= 11 is 12.7. The molecule has 0 spiro atoms. The molecule has 0 aliphatic carbocycles. The molecule has 1 aromatic heterocycles. The molecule has 0 saturated carbocycles. The first-order chi connectivity index (χ1) is 5.61. The maximum Gasteiger partial charge on any atom is 0.322 e. The summed E-state index contributed by atoms with van der Waals surface area (Å²) in [4.78, 5) is 10.2. The van der Waals surface area contributed by atoms with Gasteiger partial charge in [-0.3, -0.25) is 4.79 Å². The van der Waals surface area contributed by atoms with E-state index in [4.69, 9.17) is 28.3 Å². The Morgan fingerprint density at radius 2 is 2.33 bits per heavy atom. The van der Waals surface area contributed by atoms with E-state index in [1.54, 1.807) is 5.38 Å². The zero-order valence-corrected chi connectivity index (χ0v) is 8.13. The van der Waals surface area contributed by atoms with Crippen LogP contribution in [0.15, 0.2) is 5.38 Å². The Morgan fingerprint density at radius 1 is 1.67 bits per heavy atom. The lowest BCUT2D eigenvalue weighted by Crippen LogP contribution is -2.12. The molecule has 1 heterocycles. The molecule has 0 bridgehead atoms. The lowest BCUT2D eigenvalue weighted by molar-refractivity contribution is -0.134. The monoisotopic (exact) mass is 225 g/mol. The Bertz CT molecular complexity index is 280. The molecule has 0 amide bonds. The average molecular weight is 226 g/mol. The number of anilines is 1. The summed E-state index contributed by atoms with van der Waals surface area (Å²) < 4.78 is 0.473. The first kappa shape index (κ1) is 9.64. The van der Waals surface area contributed by atoms with Crippen LogP contribution in [0, 0.1) is 0 Å². The minimum absolute atomic E-state index is 0.184. The number of carboxylic acids is 1. The lowest BCUT2D eigenvalue weighted by atomic mass is 10.5. The summed E-state index contributed by atoms with van der Waals surface area (Å²) in [6.07, 6.45) is 0. The standard InChI is InChI=1S/C6H5Cl2NO2S/c7-3-2-12-6(8)5(3)9-1-4(10)11/h2,9H,1H2,(H,10,11). The van der Waals surface area contributed by atoms with Crippen LogP contribution in [0.5, 0.6) is 0 Å². The molecule has 0 radical (unpaired) electrons. The number of nitrogens with one attached hydrogen (secondary N) is 1. The van der Waals surface area contributed by atoms with Gasteiger partial charge in [-0.15, -0.1) is 11.3 Å². The third-order valence-electron chi connectivity index (χ3n) is 1.12. The maximum atomic E-state index is 10.2. The van der Waals surface area contributed by atoms with Crippen LogP contribution in [0.1, 0.15) is 0 Å². The van der Waals surface area contributed by atoms with E-state index in [0.717, 1.165) is 0 Å². The van der Waals surface area contributed by atoms with Crippen molar-refractivity contribution in [2.75, 3.05) is 11.9 Å². The molecule has 0 aliphatic rings. The fourth-order valence-electron chi connectivity index (χ4n) is 0.633. The Hall–Kier alpha value is -0.450. The molecule has 1 rings (SSSR count). The van der Waals surface area contributed by atoms with E-state index >= 15 is 0 Å². The van der Waals surface area contributed by atoms with Crippen LogP contribution < -0.4 is 5.32 Å². The van der Waals surface area contributed by atoms with Crippen molar-refractivity contribution in [3.8, 4) is 0 Å². The van der Waals surface area contributed by atoms with Crippen LogP contribution in [0.4, 0.5) is 5.69 Å². The summed E-state index contributed by atoms with van der Waals surface area (Å²) in [5.74, 6) is -0.951. The molecule has 1 aromatic rings. The Balaban J connectivity index is 2.68. The smallest absolute Gasteiger partial charge is 0.322 e. The molecule has 0 aliphatic heterocycles. The third-order valence-corrected chi connectivity index (χ3v) is 2.77. The lowest BCUT2D eigenvalue weighted by Gasteiger charge is -2.00. The minimum atomic E-state index is -0.951. The van der Waals surface area contributed by atoms with Gasteiger partial charge in [0.1, 0.15) is 10.9 Å². The van der Waals surface area contributed by atoms with Gasteiger partial charge in [0.25, 0.3) is 0 Å². The van der Waals surface area contributed by atoms with Crippen molar-refractivity contribution >= 4 is 46.2 Å². The second kappa shape index (κ2) is 3.98. The fourth-order valence-corrected chi connectivity index (χ4v) is 1.96. The van der Waals surface area contributed by atoms with Crippen LogP contribution in [0.2, 0.25) is 9.36 Å². The van der Waals surface area contributed by atoms with Crippen molar-refractivity contribution in [3.05, 3.63) is 14.7 Å². The van der Waals surface area contributed by atoms with Crippen molar-refractivity contribution in [1.29, 1.82) is 0 Å². The molecular formula is C6H5Cl2NO2S. The van der Waals surface area contributed by atoms with Crippen LogP contribution in [-0.4, -0.2) is 17.6 Å². The van der Waals surface area contributed by atoms with Gasteiger partial charge in [-0.05, 0) is 0 Å². The number of thiophene rings is 1. The first-order valence-corrected chi connectivity index (χ1v) is 4.63. The zero-order chi connectivity index (χ0) is 9.14. The average Bonchev–Trinajstić information content (AvgIpc) is 2.28. The number of carbonyl (C=O) groups is 1. The molecule has 12 heavy (non-hydrogen) atoms. The molecular weight excluding hydrogens is 221 g/mol. The van der Waals surface area contributed by atoms with E-state index in [1.165, 1.54) is 11.3 Å². The normalized spacial score (nSPS) is 9.83. The van der Waals surface area contributed by atoms with Crippen molar-refractivity contribution in [2.45, 2.75) is 0 Å². The van der Waals surface area contributed by atoms with Crippen LogP contribution >= 0.6 is 34.5 Å². The molecule has 3 nitrogen and oxygen atoms in total. The zero-order valence-electron chi connectivity index (χ0n) is 5.80. The highest BCUT2D eigenvalue weighted by molar-refractivity contribution is 7.15. The van der Waals surface area contributed by atoms with Crippen molar-refractivity contribution in [2.24, 2.45) is 0 Å². The highest BCUT2D eigenvalue weighted by atomic mass is 35.5. The van der Waals surface area contributed by atoms with E-state index in [0.29, 0.717) is 15.0 Å². The Labute approximate surface area is 82.9 Å². The summed E-state index contributed by atoms with van der Waals surface area (Å²) in [6.45, 7) is -0.184. The minimum Gasteiger partial charge on any atom is -0.480 e. The SMILES string of the molecule is O=C(O)CNc1c(Cl)csc1Cl. The summed E-state index contributed by atoms with van der Waals surface area (Å²) in [6, 6.07) is 0. The number of hydrogen-bond acceptors (Lipinski definition) is 3. The topological polar surface area (TPSA) is 49.3 Å². The van der Waals surface area contributed by atoms with Gasteiger partial charge in [0.2, 0.25) is 0 Å². The van der Waals surface area contributed by atoms with E-state index < -0.39 is 5.97 Å². The number of hydrogen-bond donors (Lipinski definition) is 2. The van der Waals surface area contributed by atoms with Gasteiger partial charge in [-0.2, -0.15) is 0 Å². The molecule has 0 saturated heterocycles. The van der Waals surface area contributed by atoms with Gasteiger partial charge in [0.15, 0.2) is 0 Å². The summed E-state index contributed by atoms with van der Waals surface area (Å²) in [7, 11) is 0. The van der Waals surface area contributed by atoms with Gasteiger partial charge in [-0.1, -0.05) is 23.2 Å². The Morgan fingerprint density at radius 3 is 2.75 bits per heavy atom. The molecule has 2 N–H and O–H groups in total. The van der Waals surface area contributed by atoms with Gasteiger partial charge < -0.3 is 10.4 Å². The molecule has 6 heteroatoms. The molecule has 0 aromatic carbocycles. The van der Waals surface area contributed by atoms with Crippen LogP contribution in [0.25, 0.3) is 0 Å². The van der Waals surface area contributed by atoms with Gasteiger partial charge in [-0.25, -0.2) is 0 Å². The number of halogens is 2. The second-order valence-corrected chi connectivity index (χ2v) is 3.87. The first-order valence-electron chi connectivity index (χ1n) is 2.99. The number of aliphatic carboxylic acids is 1. The van der Waals surface area contributed by atoms with Crippen molar-refractivity contribution in [3.63, 3.8) is 0 Å². The van der Waals surface area contributed by atoms with Gasteiger partial charge in [0.05, 0.1) is 10.7 Å². The van der Waals surface area contributed by atoms with Gasteiger partial charge in [0, 0.05) is 5.38 Å². The molecule has 0 fully saturated rings. The van der Waals surface area contributed by atoms with Crippen molar-refractivity contribution in [1.82, 2.24) is 0 Å². The predicted molar refractivity (Wildman–Crippen MR) is 50.5 cm³/mol. The highest BCUT2D eigenvalue weighted by Crippen LogP contribution is 2.36. The molecule has 66 valence electrons. The van der Waals surface area contributed by atoms with Crippen LogP contribution in [0.3, 0.4) is 0 Å². The van der Waals surface area contributed by atoms with E-state index in [2.05, 4.69) is 5.32 Å². The van der Waals surface area contributed by atoms with E-state index in [9.17, 15) is 4.79 Å². The third kappa shape index (κ3) is 2.27. The van der Waals surface area contributed by atoms with E-state index in [-0.39, 0.29) is 6.54 Å². The van der Waals surface area contributed by atoms with Crippen molar-refractivity contribution < 1.29 is 9.90 Å². The maximum absolute atomic E-state index is 10.2. The molecule has 0 atom stereocenters.